The van der Waals surface area contributed by atoms with Crippen LogP contribution in [0.4, 0.5) is 8.78 Å². The van der Waals surface area contributed by atoms with Gasteiger partial charge in [0.1, 0.15) is 5.02 Å². The molecule has 1 aromatic rings. The maximum Gasteiger partial charge on any atom is 0.270 e. The topological polar surface area (TPSA) is 25.8 Å². The molecule has 1 heterocycles. The van der Waals surface area contributed by atoms with E-state index in [9.17, 15) is 8.78 Å². The van der Waals surface area contributed by atoms with Crippen molar-refractivity contribution in [3.05, 3.63) is 21.9 Å². The van der Waals surface area contributed by atoms with Gasteiger partial charge in [-0.25, -0.2) is 4.39 Å². The summed E-state index contributed by atoms with van der Waals surface area (Å²) < 4.78 is 24.4. The van der Waals surface area contributed by atoms with Crippen LogP contribution in [-0.2, 0) is 0 Å². The Kier molecular flexibility index (Phi) is 2.01. The highest BCUT2D eigenvalue weighted by molar-refractivity contribution is 6.41. The zero-order valence-corrected chi connectivity index (χ0v) is 5.92. The van der Waals surface area contributed by atoms with Crippen LogP contribution < -0.4 is 0 Å². The van der Waals surface area contributed by atoms with Crippen molar-refractivity contribution in [2.45, 2.75) is 0 Å². The molecular formula is C4Cl2F2N2. The van der Waals surface area contributed by atoms with Crippen LogP contribution >= 0.6 is 23.2 Å². The molecule has 1 rings (SSSR count). The van der Waals surface area contributed by atoms with Gasteiger partial charge in [0.15, 0.2) is 5.15 Å². The average molecular weight is 185 g/mol. The molecule has 0 unspecified atom stereocenters. The van der Waals surface area contributed by atoms with E-state index in [1.165, 1.54) is 0 Å². The van der Waals surface area contributed by atoms with E-state index in [0.717, 1.165) is 0 Å². The lowest BCUT2D eigenvalue weighted by atomic mass is 10.5. The average Bonchev–Trinajstić information content (AvgIpc) is 1.93. The smallest absolute Gasteiger partial charge is 0.200 e. The third kappa shape index (κ3) is 1.17. The maximum absolute atomic E-state index is 12.3. The van der Waals surface area contributed by atoms with Crippen LogP contribution in [0.15, 0.2) is 0 Å². The maximum atomic E-state index is 12.3. The number of hydrogen-bond acceptors (Lipinski definition) is 2. The summed E-state index contributed by atoms with van der Waals surface area (Å²) in [7, 11) is 0. The predicted octanol–water partition coefficient (Wildman–Crippen LogP) is 2.06. The molecule has 0 saturated heterocycles. The Labute approximate surface area is 64.8 Å². The van der Waals surface area contributed by atoms with Gasteiger partial charge in [-0.3, -0.25) is 0 Å². The third-order valence-corrected chi connectivity index (χ3v) is 1.49. The molecule has 0 saturated carbocycles. The van der Waals surface area contributed by atoms with Gasteiger partial charge in [0.05, 0.1) is 0 Å². The van der Waals surface area contributed by atoms with Crippen molar-refractivity contribution in [1.82, 2.24) is 10.2 Å². The molecule has 2 nitrogen and oxygen atoms in total. The van der Waals surface area contributed by atoms with Crippen molar-refractivity contribution in [1.29, 1.82) is 0 Å². The molecular weight excluding hydrogens is 185 g/mol. The molecule has 0 amide bonds. The first-order valence-electron chi connectivity index (χ1n) is 2.15. The second-order valence-corrected chi connectivity index (χ2v) is 2.15. The van der Waals surface area contributed by atoms with Crippen molar-refractivity contribution in [2.24, 2.45) is 0 Å². The van der Waals surface area contributed by atoms with Crippen LogP contribution in [0, 0.1) is 11.8 Å². The molecule has 0 spiro atoms. The molecule has 0 aliphatic carbocycles. The SMILES string of the molecule is Fc1nnc(Cl)c(Cl)c1F. The fourth-order valence-corrected chi connectivity index (χ4v) is 0.593. The van der Waals surface area contributed by atoms with E-state index in [0.29, 0.717) is 0 Å². The number of halogens is 4. The van der Waals surface area contributed by atoms with Crippen molar-refractivity contribution < 1.29 is 8.78 Å². The van der Waals surface area contributed by atoms with Gasteiger partial charge in [0.25, 0.3) is 5.95 Å². The van der Waals surface area contributed by atoms with E-state index in [-0.39, 0.29) is 5.15 Å². The Hall–Kier alpha value is -0.480. The number of nitrogens with zero attached hydrogens (tertiary/aromatic N) is 2. The number of rotatable bonds is 0. The lowest BCUT2D eigenvalue weighted by Gasteiger charge is -1.93. The molecule has 0 radical (unpaired) electrons. The standard InChI is InChI=1S/C4Cl2F2N2/c5-1-2(7)4(8)10-9-3(1)6. The molecule has 0 aliphatic heterocycles. The summed E-state index contributed by atoms with van der Waals surface area (Å²) in [6.45, 7) is 0. The second kappa shape index (κ2) is 2.64. The highest BCUT2D eigenvalue weighted by atomic mass is 35.5. The normalized spacial score (nSPS) is 10.0. The Morgan fingerprint density at radius 2 is 1.70 bits per heavy atom. The minimum absolute atomic E-state index is 0.347. The summed E-state index contributed by atoms with van der Waals surface area (Å²) in [4.78, 5) is 0. The summed E-state index contributed by atoms with van der Waals surface area (Å²) >= 11 is 10.3. The summed E-state index contributed by atoms with van der Waals surface area (Å²) in [5.74, 6) is -2.63. The first-order chi connectivity index (χ1) is 4.63. The van der Waals surface area contributed by atoms with Gasteiger partial charge in [0.2, 0.25) is 5.82 Å². The highest BCUT2D eigenvalue weighted by Gasteiger charge is 2.12. The molecule has 10 heavy (non-hydrogen) atoms. The fraction of sp³-hybridized carbons (Fsp3) is 0. The van der Waals surface area contributed by atoms with E-state index in [1.54, 1.807) is 0 Å². The Bertz CT molecular complexity index is 239. The Balaban J connectivity index is 3.34. The summed E-state index contributed by atoms with van der Waals surface area (Å²) in [5.41, 5.74) is 0. The monoisotopic (exact) mass is 184 g/mol. The zero-order chi connectivity index (χ0) is 7.72. The molecule has 0 fully saturated rings. The van der Waals surface area contributed by atoms with Gasteiger partial charge < -0.3 is 0 Å². The lowest BCUT2D eigenvalue weighted by Crippen LogP contribution is -1.94. The summed E-state index contributed by atoms with van der Waals surface area (Å²) in [6, 6.07) is 0. The van der Waals surface area contributed by atoms with E-state index in [2.05, 4.69) is 10.2 Å². The summed E-state index contributed by atoms with van der Waals surface area (Å²) in [6.07, 6.45) is 0. The first-order valence-corrected chi connectivity index (χ1v) is 2.91. The number of hydrogen-bond donors (Lipinski definition) is 0. The van der Waals surface area contributed by atoms with Gasteiger partial charge >= 0.3 is 0 Å². The fourth-order valence-electron chi connectivity index (χ4n) is 0.357. The van der Waals surface area contributed by atoms with Gasteiger partial charge in [0, 0.05) is 0 Å². The molecule has 0 atom stereocenters. The Morgan fingerprint density at radius 3 is 2.20 bits per heavy atom. The van der Waals surface area contributed by atoms with Crippen LogP contribution in [0.3, 0.4) is 0 Å². The van der Waals surface area contributed by atoms with Crippen molar-refractivity contribution >= 4 is 23.2 Å². The quantitative estimate of drug-likeness (QED) is 0.618. The molecule has 6 heteroatoms. The van der Waals surface area contributed by atoms with Crippen molar-refractivity contribution in [3.63, 3.8) is 0 Å². The van der Waals surface area contributed by atoms with Gasteiger partial charge in [-0.2, -0.15) is 4.39 Å². The number of aromatic nitrogens is 2. The second-order valence-electron chi connectivity index (χ2n) is 1.41. The molecule has 0 aromatic carbocycles. The summed E-state index contributed by atoms with van der Waals surface area (Å²) in [5, 5.41) is 4.84. The van der Waals surface area contributed by atoms with Crippen molar-refractivity contribution in [3.8, 4) is 0 Å². The van der Waals surface area contributed by atoms with Gasteiger partial charge in [-0.15, -0.1) is 10.2 Å². The van der Waals surface area contributed by atoms with E-state index >= 15 is 0 Å². The van der Waals surface area contributed by atoms with E-state index < -0.39 is 16.8 Å². The first kappa shape index (κ1) is 7.63. The largest absolute Gasteiger partial charge is 0.270 e. The third-order valence-electron chi connectivity index (χ3n) is 0.781. The van der Waals surface area contributed by atoms with Crippen molar-refractivity contribution in [2.75, 3.05) is 0 Å². The van der Waals surface area contributed by atoms with Crippen LogP contribution in [0.25, 0.3) is 0 Å². The minimum atomic E-state index is -1.35. The molecule has 54 valence electrons. The predicted molar refractivity (Wildman–Crippen MR) is 32.0 cm³/mol. The zero-order valence-electron chi connectivity index (χ0n) is 4.41. The molecule has 1 aromatic heterocycles. The minimum Gasteiger partial charge on any atom is -0.200 e. The van der Waals surface area contributed by atoms with Crippen LogP contribution in [-0.4, -0.2) is 10.2 Å². The highest BCUT2D eigenvalue weighted by Crippen LogP contribution is 2.21. The van der Waals surface area contributed by atoms with Crippen LogP contribution in [0.2, 0.25) is 10.2 Å². The van der Waals surface area contributed by atoms with Crippen LogP contribution in [0.1, 0.15) is 0 Å². The molecule has 0 aliphatic rings. The lowest BCUT2D eigenvalue weighted by molar-refractivity contribution is 0.466. The Morgan fingerprint density at radius 1 is 1.10 bits per heavy atom. The van der Waals surface area contributed by atoms with Crippen LogP contribution in [0.5, 0.6) is 0 Å². The van der Waals surface area contributed by atoms with Gasteiger partial charge in [-0.05, 0) is 0 Å². The van der Waals surface area contributed by atoms with E-state index in [4.69, 9.17) is 23.2 Å². The molecule has 0 N–H and O–H groups in total. The van der Waals surface area contributed by atoms with E-state index in [1.807, 2.05) is 0 Å². The molecule has 0 bridgehead atoms. The van der Waals surface area contributed by atoms with Gasteiger partial charge in [-0.1, -0.05) is 23.2 Å².